The number of piperidine rings is 1. The molecule has 2 atom stereocenters. The zero-order valence-corrected chi connectivity index (χ0v) is 12.8. The van der Waals surface area contributed by atoms with Gasteiger partial charge in [0, 0.05) is 19.1 Å². The lowest BCUT2D eigenvalue weighted by Gasteiger charge is -2.40. The van der Waals surface area contributed by atoms with E-state index in [1.54, 1.807) is 0 Å². The zero-order chi connectivity index (χ0) is 13.9. The van der Waals surface area contributed by atoms with Gasteiger partial charge in [-0.1, -0.05) is 26.2 Å². The average molecular weight is 279 g/mol. The van der Waals surface area contributed by atoms with E-state index in [0.29, 0.717) is 18.1 Å². The second-order valence-electron chi connectivity index (χ2n) is 6.74. The number of nitrogens with one attached hydrogen (secondary N) is 1. The molecule has 0 aromatic carbocycles. The summed E-state index contributed by atoms with van der Waals surface area (Å²) < 4.78 is 0. The highest BCUT2D eigenvalue weighted by Gasteiger charge is 2.44. The Morgan fingerprint density at radius 1 is 1.15 bits per heavy atom. The number of urea groups is 1. The van der Waals surface area contributed by atoms with Gasteiger partial charge in [-0.05, 0) is 38.6 Å². The van der Waals surface area contributed by atoms with Crippen LogP contribution < -0.4 is 5.32 Å². The van der Waals surface area contributed by atoms with Crippen LogP contribution in [0.4, 0.5) is 4.79 Å². The lowest BCUT2D eigenvalue weighted by atomic mass is 9.89. The van der Waals surface area contributed by atoms with Crippen LogP contribution in [0.5, 0.6) is 0 Å². The van der Waals surface area contributed by atoms with E-state index >= 15 is 0 Å². The van der Waals surface area contributed by atoms with Gasteiger partial charge in [0.1, 0.15) is 0 Å². The van der Waals surface area contributed by atoms with Gasteiger partial charge < -0.3 is 15.1 Å². The third kappa shape index (κ3) is 2.80. The number of rotatable bonds is 4. The van der Waals surface area contributed by atoms with Crippen molar-refractivity contribution < 1.29 is 4.79 Å². The van der Waals surface area contributed by atoms with E-state index in [9.17, 15) is 4.79 Å². The molecule has 3 rings (SSSR count). The molecule has 0 bridgehead atoms. The molecule has 2 aliphatic heterocycles. The van der Waals surface area contributed by atoms with E-state index in [1.807, 2.05) is 0 Å². The van der Waals surface area contributed by atoms with Gasteiger partial charge in [-0.15, -0.1) is 0 Å². The van der Waals surface area contributed by atoms with Gasteiger partial charge in [0.05, 0.1) is 12.1 Å². The fraction of sp³-hybridized carbons (Fsp3) is 0.938. The molecular formula is C16H29N3O. The standard InChI is InChI=1S/C16H29N3O/c1-2-3-10-18-11-8-13(9-12-18)19-15-7-5-4-6-14(15)17-16(19)20/h13-15H,2-12H2,1H3,(H,17,20). The Balaban J connectivity index is 1.55. The minimum atomic E-state index is 0.217. The zero-order valence-electron chi connectivity index (χ0n) is 12.8. The van der Waals surface area contributed by atoms with Crippen molar-refractivity contribution in [2.45, 2.75) is 76.4 Å². The maximum Gasteiger partial charge on any atom is 0.318 e. The van der Waals surface area contributed by atoms with Crippen molar-refractivity contribution in [2.75, 3.05) is 19.6 Å². The molecule has 4 heteroatoms. The van der Waals surface area contributed by atoms with E-state index in [2.05, 4.69) is 22.0 Å². The first-order chi connectivity index (χ1) is 9.79. The van der Waals surface area contributed by atoms with Gasteiger partial charge in [0.15, 0.2) is 0 Å². The van der Waals surface area contributed by atoms with Crippen molar-refractivity contribution in [3.63, 3.8) is 0 Å². The molecule has 2 unspecified atom stereocenters. The molecule has 3 fully saturated rings. The number of nitrogens with zero attached hydrogens (tertiary/aromatic N) is 2. The van der Waals surface area contributed by atoms with Gasteiger partial charge in [-0.3, -0.25) is 0 Å². The Labute approximate surface area is 122 Å². The van der Waals surface area contributed by atoms with E-state index in [-0.39, 0.29) is 6.03 Å². The quantitative estimate of drug-likeness (QED) is 0.858. The van der Waals surface area contributed by atoms with Crippen LogP contribution in [0, 0.1) is 0 Å². The van der Waals surface area contributed by atoms with Crippen molar-refractivity contribution in [1.82, 2.24) is 15.1 Å². The molecule has 2 heterocycles. The molecule has 4 nitrogen and oxygen atoms in total. The van der Waals surface area contributed by atoms with Crippen LogP contribution in [-0.4, -0.2) is 53.6 Å². The minimum Gasteiger partial charge on any atom is -0.333 e. The third-order valence-electron chi connectivity index (χ3n) is 5.41. The van der Waals surface area contributed by atoms with Crippen molar-refractivity contribution in [3.05, 3.63) is 0 Å². The van der Waals surface area contributed by atoms with Crippen LogP contribution in [0.1, 0.15) is 58.3 Å². The first-order valence-electron chi connectivity index (χ1n) is 8.60. The van der Waals surface area contributed by atoms with Gasteiger partial charge in [-0.25, -0.2) is 4.79 Å². The smallest absolute Gasteiger partial charge is 0.318 e. The lowest BCUT2D eigenvalue weighted by molar-refractivity contribution is 0.101. The third-order valence-corrected chi connectivity index (χ3v) is 5.41. The topological polar surface area (TPSA) is 35.6 Å². The van der Waals surface area contributed by atoms with Crippen molar-refractivity contribution in [2.24, 2.45) is 0 Å². The van der Waals surface area contributed by atoms with Crippen LogP contribution >= 0.6 is 0 Å². The van der Waals surface area contributed by atoms with Gasteiger partial charge in [0.25, 0.3) is 0 Å². The summed E-state index contributed by atoms with van der Waals surface area (Å²) in [4.78, 5) is 17.1. The molecule has 3 aliphatic rings. The number of likely N-dealkylation sites (tertiary alicyclic amines) is 1. The number of carbonyl (C=O) groups is 1. The van der Waals surface area contributed by atoms with E-state index in [1.165, 1.54) is 71.0 Å². The summed E-state index contributed by atoms with van der Waals surface area (Å²) in [6.45, 7) is 5.84. The molecule has 114 valence electrons. The van der Waals surface area contributed by atoms with Crippen LogP contribution in [0.25, 0.3) is 0 Å². The average Bonchev–Trinajstić information content (AvgIpc) is 2.81. The molecule has 1 saturated carbocycles. The highest BCUT2D eigenvalue weighted by molar-refractivity contribution is 5.78. The summed E-state index contributed by atoms with van der Waals surface area (Å²) in [6.07, 6.45) is 9.88. The predicted molar refractivity (Wildman–Crippen MR) is 80.8 cm³/mol. The maximum absolute atomic E-state index is 12.3. The fourth-order valence-corrected chi connectivity index (χ4v) is 4.24. The number of fused-ring (bicyclic) bond motifs is 1. The molecule has 0 spiro atoms. The summed E-state index contributed by atoms with van der Waals surface area (Å²) in [5.41, 5.74) is 0. The predicted octanol–water partition coefficient (Wildman–Crippen LogP) is 2.59. The number of carbonyl (C=O) groups excluding carboxylic acids is 1. The summed E-state index contributed by atoms with van der Waals surface area (Å²) in [7, 11) is 0. The molecule has 0 radical (unpaired) electrons. The maximum atomic E-state index is 12.3. The summed E-state index contributed by atoms with van der Waals surface area (Å²) in [6, 6.07) is 1.63. The number of amides is 2. The van der Waals surface area contributed by atoms with Crippen LogP contribution in [-0.2, 0) is 0 Å². The van der Waals surface area contributed by atoms with Crippen molar-refractivity contribution >= 4 is 6.03 Å². The molecule has 20 heavy (non-hydrogen) atoms. The van der Waals surface area contributed by atoms with E-state index < -0.39 is 0 Å². The molecule has 0 aromatic heterocycles. The van der Waals surface area contributed by atoms with Crippen LogP contribution in [0.15, 0.2) is 0 Å². The first kappa shape index (κ1) is 14.2. The Morgan fingerprint density at radius 2 is 1.90 bits per heavy atom. The molecule has 2 saturated heterocycles. The number of unbranched alkanes of at least 4 members (excludes halogenated alkanes) is 1. The second-order valence-corrected chi connectivity index (χ2v) is 6.74. The lowest BCUT2D eigenvalue weighted by Crippen LogP contribution is -2.50. The van der Waals surface area contributed by atoms with Gasteiger partial charge in [0.2, 0.25) is 0 Å². The van der Waals surface area contributed by atoms with E-state index in [4.69, 9.17) is 0 Å². The Hall–Kier alpha value is -0.770. The fourth-order valence-electron chi connectivity index (χ4n) is 4.24. The van der Waals surface area contributed by atoms with Crippen LogP contribution in [0.2, 0.25) is 0 Å². The molecular weight excluding hydrogens is 250 g/mol. The highest BCUT2D eigenvalue weighted by Crippen LogP contribution is 2.32. The molecule has 0 aromatic rings. The minimum absolute atomic E-state index is 0.217. The molecule has 1 aliphatic carbocycles. The number of hydrogen-bond acceptors (Lipinski definition) is 2. The van der Waals surface area contributed by atoms with E-state index in [0.717, 1.165) is 0 Å². The van der Waals surface area contributed by atoms with Crippen molar-refractivity contribution in [3.8, 4) is 0 Å². The second kappa shape index (κ2) is 6.33. The SMILES string of the molecule is CCCCN1CCC(N2C(=O)NC3CCCCC32)CC1. The van der Waals surface area contributed by atoms with Crippen molar-refractivity contribution in [1.29, 1.82) is 0 Å². The molecule has 1 N–H and O–H groups in total. The normalized spacial score (nSPS) is 32.2. The Bertz CT molecular complexity index is 339. The summed E-state index contributed by atoms with van der Waals surface area (Å²) >= 11 is 0. The monoisotopic (exact) mass is 279 g/mol. The van der Waals surface area contributed by atoms with Crippen LogP contribution in [0.3, 0.4) is 0 Å². The summed E-state index contributed by atoms with van der Waals surface area (Å²) in [5.74, 6) is 0. The van der Waals surface area contributed by atoms with Gasteiger partial charge in [-0.2, -0.15) is 0 Å². The highest BCUT2D eigenvalue weighted by atomic mass is 16.2. The van der Waals surface area contributed by atoms with Gasteiger partial charge >= 0.3 is 6.03 Å². The molecule has 2 amide bonds. The largest absolute Gasteiger partial charge is 0.333 e. The first-order valence-corrected chi connectivity index (χ1v) is 8.60. The Morgan fingerprint density at radius 3 is 2.65 bits per heavy atom. The summed E-state index contributed by atoms with van der Waals surface area (Å²) in [5, 5.41) is 3.22. The Kier molecular flexibility index (Phi) is 4.49. The number of hydrogen-bond donors (Lipinski definition) is 1.